The van der Waals surface area contributed by atoms with E-state index in [4.69, 9.17) is 0 Å². The van der Waals surface area contributed by atoms with Gasteiger partial charge in [0, 0.05) is 7.05 Å². The quantitative estimate of drug-likeness (QED) is 0.924. The number of aryl methyl sites for hydroxylation is 2. The van der Waals surface area contributed by atoms with Gasteiger partial charge in [0.1, 0.15) is 17.6 Å². The van der Waals surface area contributed by atoms with Crippen LogP contribution >= 0.6 is 15.9 Å². The van der Waals surface area contributed by atoms with Crippen LogP contribution in [0, 0.1) is 12.7 Å². The molecular weight excluding hydrogens is 289 g/mol. The molecule has 1 atom stereocenters. The molecule has 0 amide bonds. The van der Waals surface area contributed by atoms with Crippen molar-refractivity contribution >= 4 is 15.9 Å². The number of aliphatic hydroxyl groups is 1. The average Bonchev–Trinajstić information content (AvgIpc) is 2.56. The van der Waals surface area contributed by atoms with Gasteiger partial charge >= 0.3 is 0 Å². The van der Waals surface area contributed by atoms with Crippen LogP contribution in [-0.2, 0) is 7.05 Å². The van der Waals surface area contributed by atoms with Crippen molar-refractivity contribution in [1.82, 2.24) is 15.0 Å². The molecule has 17 heavy (non-hydrogen) atoms. The summed E-state index contributed by atoms with van der Waals surface area (Å²) in [6.07, 6.45) is -0.959. The minimum atomic E-state index is -0.959. The van der Waals surface area contributed by atoms with E-state index in [1.165, 1.54) is 16.8 Å². The summed E-state index contributed by atoms with van der Waals surface area (Å²) in [4.78, 5) is 0. The van der Waals surface area contributed by atoms with E-state index in [0.717, 1.165) is 5.56 Å². The fourth-order valence-corrected chi connectivity index (χ4v) is 2.25. The Morgan fingerprint density at radius 3 is 2.65 bits per heavy atom. The van der Waals surface area contributed by atoms with E-state index in [1.807, 2.05) is 0 Å². The molecule has 2 rings (SSSR count). The summed E-state index contributed by atoms with van der Waals surface area (Å²) in [5.74, 6) is -0.370. The van der Waals surface area contributed by atoms with Crippen LogP contribution in [0.1, 0.15) is 22.9 Å². The molecular formula is C11H11BrFN3O. The third-order valence-electron chi connectivity index (χ3n) is 2.47. The summed E-state index contributed by atoms with van der Waals surface area (Å²) in [6, 6.07) is 4.44. The van der Waals surface area contributed by atoms with E-state index in [9.17, 15) is 9.50 Å². The van der Waals surface area contributed by atoms with Crippen LogP contribution in [0.3, 0.4) is 0 Å². The van der Waals surface area contributed by atoms with E-state index in [1.54, 1.807) is 20.0 Å². The van der Waals surface area contributed by atoms with Gasteiger partial charge in [0.15, 0.2) is 4.60 Å². The SMILES string of the molecule is Cc1cc(F)cc(C(O)c2c(Br)nnn2C)c1. The van der Waals surface area contributed by atoms with Crippen molar-refractivity contribution in [1.29, 1.82) is 0 Å². The van der Waals surface area contributed by atoms with Crippen LogP contribution in [0.15, 0.2) is 22.8 Å². The molecule has 1 aromatic heterocycles. The van der Waals surface area contributed by atoms with Crippen molar-refractivity contribution in [2.45, 2.75) is 13.0 Å². The summed E-state index contributed by atoms with van der Waals surface area (Å²) < 4.78 is 15.2. The third kappa shape index (κ3) is 2.37. The summed E-state index contributed by atoms with van der Waals surface area (Å²) in [5.41, 5.74) is 1.73. The lowest BCUT2D eigenvalue weighted by molar-refractivity contribution is 0.208. The standard InChI is InChI=1S/C11H11BrFN3O/c1-6-3-7(5-8(13)4-6)10(17)9-11(12)14-15-16(9)2/h3-5,10,17H,1-2H3. The molecule has 1 aromatic carbocycles. The topological polar surface area (TPSA) is 50.9 Å². The van der Waals surface area contributed by atoms with Crippen LogP contribution in [0.4, 0.5) is 4.39 Å². The van der Waals surface area contributed by atoms with Gasteiger partial charge in [0.25, 0.3) is 0 Å². The normalized spacial score (nSPS) is 12.8. The van der Waals surface area contributed by atoms with Crippen LogP contribution in [0.2, 0.25) is 0 Å². The first-order chi connectivity index (χ1) is 7.99. The molecule has 0 saturated carbocycles. The van der Waals surface area contributed by atoms with E-state index in [0.29, 0.717) is 15.9 Å². The third-order valence-corrected chi connectivity index (χ3v) is 3.03. The largest absolute Gasteiger partial charge is 0.382 e. The van der Waals surface area contributed by atoms with Crippen molar-refractivity contribution in [2.24, 2.45) is 7.05 Å². The molecule has 0 fully saturated rings. The summed E-state index contributed by atoms with van der Waals surface area (Å²) in [7, 11) is 1.67. The molecule has 0 radical (unpaired) electrons. The second-order valence-corrected chi connectivity index (χ2v) is 4.60. The monoisotopic (exact) mass is 299 g/mol. The molecule has 1 heterocycles. The molecule has 6 heteroatoms. The predicted molar refractivity (Wildman–Crippen MR) is 63.9 cm³/mol. The van der Waals surface area contributed by atoms with Gasteiger partial charge < -0.3 is 5.11 Å². The Bertz CT molecular complexity index is 516. The highest BCUT2D eigenvalue weighted by molar-refractivity contribution is 9.10. The Kier molecular flexibility index (Phi) is 3.26. The Labute approximate surface area is 106 Å². The Morgan fingerprint density at radius 2 is 2.12 bits per heavy atom. The first-order valence-corrected chi connectivity index (χ1v) is 5.78. The maximum absolute atomic E-state index is 13.3. The number of hydrogen-bond donors (Lipinski definition) is 1. The highest BCUT2D eigenvalue weighted by atomic mass is 79.9. The van der Waals surface area contributed by atoms with Gasteiger partial charge in [-0.1, -0.05) is 11.3 Å². The lowest BCUT2D eigenvalue weighted by Gasteiger charge is -2.12. The zero-order valence-electron chi connectivity index (χ0n) is 9.35. The van der Waals surface area contributed by atoms with E-state index in [2.05, 4.69) is 26.2 Å². The zero-order valence-corrected chi connectivity index (χ0v) is 10.9. The molecule has 1 unspecified atom stereocenters. The van der Waals surface area contributed by atoms with E-state index < -0.39 is 6.10 Å². The van der Waals surface area contributed by atoms with Crippen molar-refractivity contribution in [3.8, 4) is 0 Å². The van der Waals surface area contributed by atoms with Crippen molar-refractivity contribution in [3.63, 3.8) is 0 Å². The molecule has 0 aliphatic heterocycles. The molecule has 0 aliphatic rings. The predicted octanol–water partition coefficient (Wildman–Crippen LogP) is 2.11. The lowest BCUT2D eigenvalue weighted by atomic mass is 10.0. The van der Waals surface area contributed by atoms with Crippen LogP contribution in [0.5, 0.6) is 0 Å². The molecule has 0 saturated heterocycles. The van der Waals surface area contributed by atoms with E-state index in [-0.39, 0.29) is 5.82 Å². The maximum atomic E-state index is 13.3. The molecule has 0 spiro atoms. The van der Waals surface area contributed by atoms with Gasteiger partial charge in [-0.3, -0.25) is 0 Å². The zero-order chi connectivity index (χ0) is 12.6. The van der Waals surface area contributed by atoms with Crippen molar-refractivity contribution < 1.29 is 9.50 Å². The summed E-state index contributed by atoms with van der Waals surface area (Å²) >= 11 is 3.20. The molecule has 2 aromatic rings. The second-order valence-electron chi connectivity index (χ2n) is 3.85. The Hall–Kier alpha value is -1.27. The fourth-order valence-electron chi connectivity index (χ4n) is 1.71. The minimum absolute atomic E-state index is 0.370. The van der Waals surface area contributed by atoms with Gasteiger partial charge in [-0.05, 0) is 46.1 Å². The molecule has 4 nitrogen and oxygen atoms in total. The van der Waals surface area contributed by atoms with Gasteiger partial charge in [0.05, 0.1) is 0 Å². The Morgan fingerprint density at radius 1 is 1.41 bits per heavy atom. The minimum Gasteiger partial charge on any atom is -0.382 e. The number of hydrogen-bond acceptors (Lipinski definition) is 3. The number of halogens is 2. The number of rotatable bonds is 2. The van der Waals surface area contributed by atoms with Crippen molar-refractivity contribution in [2.75, 3.05) is 0 Å². The average molecular weight is 300 g/mol. The fraction of sp³-hybridized carbons (Fsp3) is 0.273. The highest BCUT2D eigenvalue weighted by Crippen LogP contribution is 2.27. The maximum Gasteiger partial charge on any atom is 0.154 e. The second kappa shape index (κ2) is 4.54. The summed E-state index contributed by atoms with van der Waals surface area (Å²) in [6.45, 7) is 1.77. The van der Waals surface area contributed by atoms with Crippen LogP contribution in [-0.4, -0.2) is 20.1 Å². The first-order valence-electron chi connectivity index (χ1n) is 4.99. The van der Waals surface area contributed by atoms with Gasteiger partial charge in [-0.15, -0.1) is 5.10 Å². The van der Waals surface area contributed by atoms with Gasteiger partial charge in [0.2, 0.25) is 0 Å². The van der Waals surface area contributed by atoms with Crippen LogP contribution < -0.4 is 0 Å². The molecule has 0 bridgehead atoms. The first kappa shape index (κ1) is 12.2. The number of aromatic nitrogens is 3. The Balaban J connectivity index is 2.47. The number of benzene rings is 1. The molecule has 90 valence electrons. The smallest absolute Gasteiger partial charge is 0.154 e. The number of aliphatic hydroxyl groups excluding tert-OH is 1. The molecule has 1 N–H and O–H groups in total. The van der Waals surface area contributed by atoms with E-state index >= 15 is 0 Å². The highest BCUT2D eigenvalue weighted by Gasteiger charge is 2.20. The van der Waals surface area contributed by atoms with Gasteiger partial charge in [-0.2, -0.15) is 0 Å². The molecule has 0 aliphatic carbocycles. The number of nitrogens with zero attached hydrogens (tertiary/aromatic N) is 3. The lowest BCUT2D eigenvalue weighted by Crippen LogP contribution is -2.07. The summed E-state index contributed by atoms with van der Waals surface area (Å²) in [5, 5.41) is 17.8. The van der Waals surface area contributed by atoms with Gasteiger partial charge in [-0.25, -0.2) is 9.07 Å². The van der Waals surface area contributed by atoms with Crippen molar-refractivity contribution in [3.05, 3.63) is 45.4 Å². The van der Waals surface area contributed by atoms with Crippen LogP contribution in [0.25, 0.3) is 0 Å².